The van der Waals surface area contributed by atoms with Gasteiger partial charge in [0.25, 0.3) is 0 Å². The molecule has 1 N–H and O–H groups in total. The highest BCUT2D eigenvalue weighted by molar-refractivity contribution is 5.75. The van der Waals surface area contributed by atoms with Gasteiger partial charge in [0, 0.05) is 13.0 Å². The summed E-state index contributed by atoms with van der Waals surface area (Å²) in [6.07, 6.45) is 7.04. The van der Waals surface area contributed by atoms with Gasteiger partial charge in [0.1, 0.15) is 5.82 Å². The van der Waals surface area contributed by atoms with Crippen LogP contribution < -0.4 is 0 Å². The van der Waals surface area contributed by atoms with E-state index in [4.69, 9.17) is 5.11 Å². The smallest absolute Gasteiger partial charge is 0.112 e. The fourth-order valence-corrected chi connectivity index (χ4v) is 2.54. The predicted molar refractivity (Wildman–Crippen MR) is 79.3 cm³/mol. The number of aliphatic hydroxyl groups excluding tert-OH is 1. The average Bonchev–Trinajstić information content (AvgIpc) is 2.77. The van der Waals surface area contributed by atoms with Crippen LogP contribution in [0.5, 0.6) is 0 Å². The molecule has 1 heterocycles. The van der Waals surface area contributed by atoms with Crippen LogP contribution in [0.3, 0.4) is 0 Å². The van der Waals surface area contributed by atoms with Crippen LogP contribution in [-0.2, 0) is 13.0 Å². The van der Waals surface area contributed by atoms with E-state index in [-0.39, 0.29) is 6.61 Å². The molecule has 3 nitrogen and oxygen atoms in total. The van der Waals surface area contributed by atoms with Crippen LogP contribution in [0, 0.1) is 0 Å². The molecule has 0 aliphatic heterocycles. The van der Waals surface area contributed by atoms with Crippen molar-refractivity contribution in [1.29, 1.82) is 0 Å². The maximum atomic E-state index is 9.16. The number of aliphatic hydroxyl groups is 1. The number of aryl methyl sites for hydroxylation is 1. The molecule has 0 aliphatic rings. The molecule has 104 valence electrons. The number of para-hydroxylation sites is 2. The number of aromatic nitrogens is 2. The summed E-state index contributed by atoms with van der Waals surface area (Å²) in [5, 5.41) is 9.16. The Morgan fingerprint density at radius 2 is 1.89 bits per heavy atom. The lowest BCUT2D eigenvalue weighted by Crippen LogP contribution is -2.06. The molecule has 0 saturated carbocycles. The van der Waals surface area contributed by atoms with E-state index in [1.807, 2.05) is 12.1 Å². The molecule has 2 rings (SSSR count). The number of fused-ring (bicyclic) bond motifs is 1. The first-order chi connectivity index (χ1) is 9.36. The SMILES string of the molecule is CCCCCCCn1c(CCO)nc2ccccc21. The van der Waals surface area contributed by atoms with Crippen LogP contribution in [0.2, 0.25) is 0 Å². The number of rotatable bonds is 8. The summed E-state index contributed by atoms with van der Waals surface area (Å²) in [6.45, 7) is 3.42. The third-order valence-electron chi connectivity index (χ3n) is 3.55. The van der Waals surface area contributed by atoms with Gasteiger partial charge in [0.2, 0.25) is 0 Å². The van der Waals surface area contributed by atoms with Crippen LogP contribution in [0.25, 0.3) is 11.0 Å². The quantitative estimate of drug-likeness (QED) is 0.737. The molecule has 0 saturated heterocycles. The number of hydrogen-bond donors (Lipinski definition) is 1. The van der Waals surface area contributed by atoms with E-state index in [0.29, 0.717) is 6.42 Å². The minimum atomic E-state index is 0.166. The number of hydrogen-bond acceptors (Lipinski definition) is 2. The van der Waals surface area contributed by atoms with Crippen molar-refractivity contribution in [2.24, 2.45) is 0 Å². The van der Waals surface area contributed by atoms with Crippen molar-refractivity contribution in [3.8, 4) is 0 Å². The van der Waals surface area contributed by atoms with Crippen LogP contribution in [0.1, 0.15) is 44.9 Å². The van der Waals surface area contributed by atoms with Crippen molar-refractivity contribution in [3.63, 3.8) is 0 Å². The standard InChI is InChI=1S/C16H24N2O/c1-2-3-4-5-8-12-18-15-10-7-6-9-14(15)17-16(18)11-13-19/h6-7,9-10,19H,2-5,8,11-13H2,1H3. The number of benzene rings is 1. The van der Waals surface area contributed by atoms with Gasteiger partial charge < -0.3 is 9.67 Å². The second kappa shape index (κ2) is 7.29. The molecule has 0 fully saturated rings. The lowest BCUT2D eigenvalue weighted by molar-refractivity contribution is 0.294. The normalized spacial score (nSPS) is 11.3. The second-order valence-corrected chi connectivity index (χ2v) is 5.06. The zero-order valence-corrected chi connectivity index (χ0v) is 11.8. The first-order valence-corrected chi connectivity index (χ1v) is 7.41. The van der Waals surface area contributed by atoms with Crippen LogP contribution in [0.4, 0.5) is 0 Å². The van der Waals surface area contributed by atoms with Gasteiger partial charge in [0.05, 0.1) is 17.6 Å². The van der Waals surface area contributed by atoms with Crippen LogP contribution in [0.15, 0.2) is 24.3 Å². The van der Waals surface area contributed by atoms with E-state index >= 15 is 0 Å². The fraction of sp³-hybridized carbons (Fsp3) is 0.562. The highest BCUT2D eigenvalue weighted by Crippen LogP contribution is 2.17. The van der Waals surface area contributed by atoms with E-state index in [1.54, 1.807) is 0 Å². The Hall–Kier alpha value is -1.35. The van der Waals surface area contributed by atoms with E-state index in [1.165, 1.54) is 37.6 Å². The predicted octanol–water partition coefficient (Wildman–Crippen LogP) is 3.54. The average molecular weight is 260 g/mol. The highest BCUT2D eigenvalue weighted by atomic mass is 16.3. The Kier molecular flexibility index (Phi) is 5.40. The van der Waals surface area contributed by atoms with E-state index in [0.717, 1.165) is 17.9 Å². The number of unbranched alkanes of at least 4 members (excludes halogenated alkanes) is 4. The summed E-state index contributed by atoms with van der Waals surface area (Å²) in [5.41, 5.74) is 2.24. The zero-order valence-electron chi connectivity index (χ0n) is 11.8. The Morgan fingerprint density at radius 3 is 2.68 bits per heavy atom. The van der Waals surface area contributed by atoms with Crippen molar-refractivity contribution in [1.82, 2.24) is 9.55 Å². The Labute approximate surface area is 115 Å². The largest absolute Gasteiger partial charge is 0.396 e. The molecular formula is C16H24N2O. The van der Waals surface area contributed by atoms with Gasteiger partial charge in [0.15, 0.2) is 0 Å². The van der Waals surface area contributed by atoms with Crippen LogP contribution in [-0.4, -0.2) is 21.3 Å². The van der Waals surface area contributed by atoms with Gasteiger partial charge in [-0.25, -0.2) is 4.98 Å². The van der Waals surface area contributed by atoms with E-state index in [9.17, 15) is 0 Å². The van der Waals surface area contributed by atoms with Gasteiger partial charge in [-0.2, -0.15) is 0 Å². The summed E-state index contributed by atoms with van der Waals surface area (Å²) >= 11 is 0. The summed E-state index contributed by atoms with van der Waals surface area (Å²) < 4.78 is 2.28. The van der Waals surface area contributed by atoms with E-state index < -0.39 is 0 Å². The molecule has 0 atom stereocenters. The van der Waals surface area contributed by atoms with Gasteiger partial charge in [-0.1, -0.05) is 44.7 Å². The monoisotopic (exact) mass is 260 g/mol. The molecule has 0 aliphatic carbocycles. The number of nitrogens with zero attached hydrogens (tertiary/aromatic N) is 2. The Morgan fingerprint density at radius 1 is 1.11 bits per heavy atom. The number of imidazole rings is 1. The first-order valence-electron chi connectivity index (χ1n) is 7.41. The molecule has 1 aromatic heterocycles. The molecule has 3 heteroatoms. The summed E-state index contributed by atoms with van der Waals surface area (Å²) in [6, 6.07) is 8.24. The lowest BCUT2D eigenvalue weighted by atomic mass is 10.1. The fourth-order valence-electron chi connectivity index (χ4n) is 2.54. The van der Waals surface area contributed by atoms with Crippen molar-refractivity contribution in [3.05, 3.63) is 30.1 Å². The summed E-state index contributed by atoms with van der Waals surface area (Å²) in [4.78, 5) is 4.62. The minimum absolute atomic E-state index is 0.166. The summed E-state index contributed by atoms with van der Waals surface area (Å²) in [5.74, 6) is 1.01. The van der Waals surface area contributed by atoms with Crippen molar-refractivity contribution in [2.75, 3.05) is 6.61 Å². The molecule has 2 aromatic rings. The summed E-state index contributed by atoms with van der Waals surface area (Å²) in [7, 11) is 0. The molecule has 0 bridgehead atoms. The third kappa shape index (κ3) is 3.57. The lowest BCUT2D eigenvalue weighted by Gasteiger charge is -2.08. The molecule has 1 aromatic carbocycles. The maximum absolute atomic E-state index is 9.16. The van der Waals surface area contributed by atoms with Gasteiger partial charge in [-0.15, -0.1) is 0 Å². The molecule has 19 heavy (non-hydrogen) atoms. The molecule has 0 amide bonds. The second-order valence-electron chi connectivity index (χ2n) is 5.06. The first kappa shape index (κ1) is 14.1. The molecular weight excluding hydrogens is 236 g/mol. The van der Waals surface area contributed by atoms with Crippen molar-refractivity contribution >= 4 is 11.0 Å². The van der Waals surface area contributed by atoms with Gasteiger partial charge in [-0.05, 0) is 18.6 Å². The van der Waals surface area contributed by atoms with Crippen LogP contribution >= 0.6 is 0 Å². The molecule has 0 radical (unpaired) electrons. The molecule has 0 unspecified atom stereocenters. The topological polar surface area (TPSA) is 38.0 Å². The van der Waals surface area contributed by atoms with Crippen molar-refractivity contribution in [2.45, 2.75) is 52.0 Å². The highest BCUT2D eigenvalue weighted by Gasteiger charge is 2.09. The zero-order chi connectivity index (χ0) is 13.5. The van der Waals surface area contributed by atoms with E-state index in [2.05, 4.69) is 28.6 Å². The van der Waals surface area contributed by atoms with Gasteiger partial charge in [-0.3, -0.25) is 0 Å². The van der Waals surface area contributed by atoms with Gasteiger partial charge >= 0.3 is 0 Å². The minimum Gasteiger partial charge on any atom is -0.396 e. The third-order valence-corrected chi connectivity index (χ3v) is 3.55. The maximum Gasteiger partial charge on any atom is 0.112 e. The molecule has 0 spiro atoms. The Balaban J connectivity index is 2.08. The Bertz CT molecular complexity index is 504. The van der Waals surface area contributed by atoms with Crippen molar-refractivity contribution < 1.29 is 5.11 Å².